The molecule has 3 N–H and O–H groups in total. The number of likely N-dealkylation sites (N-methyl/N-ethyl adjacent to an activating group) is 4. The van der Waals surface area contributed by atoms with Crippen LogP contribution in [0.2, 0.25) is 0 Å². The van der Waals surface area contributed by atoms with Gasteiger partial charge < -0.3 is 68.4 Å². The number of ether oxygens (including phenoxy) is 5. The van der Waals surface area contributed by atoms with Crippen molar-refractivity contribution in [3.63, 3.8) is 0 Å². The smallest absolute Gasteiger partial charge is 0.290 e. The quantitative estimate of drug-likeness (QED) is 0.0956. The molecule has 12 aromatic rings. The predicted molar refractivity (Wildman–Crippen MR) is 485 cm³/mol. The summed E-state index contributed by atoms with van der Waals surface area (Å²) in [5.41, 5.74) is 12.2. The number of pyridine rings is 3. The molecule has 8 aliphatic rings. The fourth-order valence-electron chi connectivity index (χ4n) is 16.7. The van der Waals surface area contributed by atoms with Gasteiger partial charge in [-0.25, -0.2) is 63.9 Å². The Kier molecular flexibility index (Phi) is 28.5. The highest BCUT2D eigenvalue weighted by atomic mass is 32.2. The number of piperidine rings is 1. The fourth-order valence-corrected chi connectivity index (χ4v) is 22.1. The van der Waals surface area contributed by atoms with Crippen LogP contribution in [0.5, 0.6) is 28.7 Å². The summed E-state index contributed by atoms with van der Waals surface area (Å²) in [5, 5.41) is 23.0. The molecule has 5 aromatic carbocycles. The van der Waals surface area contributed by atoms with Crippen molar-refractivity contribution >= 4 is 138 Å². The van der Waals surface area contributed by atoms with Crippen LogP contribution in [0, 0.1) is 5.82 Å². The number of fused-ring (bicyclic) bond motifs is 8. The SMILES string of the molecule is CC(=O)N1CCc2ccc(S(=O)(=O)n3cc(C4=CCN(C)CC4)c4cccnc43)cc21.CN1CC=C(c2cn(S(=O)(=O)c3ccc4c(c3)OCCN4C)c3ncccc23)CC1.CN1CC=C(c2cn(S(=O)(=O)c3ccc4c(c3)OCCO4)c3cccnc23)CC1.CN1CCC(c2cn(S(=O)(=O)c3ccc4c(c3)OCCO4)c3ccc(F)cc23)CC1.O=CO.O=CO.O=CO. The zero-order valence-electron chi connectivity index (χ0n) is 71.7. The third-order valence-electron chi connectivity index (χ3n) is 23.4. The molecule has 0 spiro atoms. The monoisotopic (exact) mass is 1840 g/mol. The van der Waals surface area contributed by atoms with E-state index in [1.807, 2.05) is 37.4 Å². The summed E-state index contributed by atoms with van der Waals surface area (Å²) < 4.78 is 156. The highest BCUT2D eigenvalue weighted by Gasteiger charge is 2.34. The van der Waals surface area contributed by atoms with Crippen molar-refractivity contribution in [3.8, 4) is 28.7 Å². The minimum Gasteiger partial charge on any atom is -0.490 e. The van der Waals surface area contributed by atoms with Crippen molar-refractivity contribution in [2.75, 3.05) is 144 Å². The first kappa shape index (κ1) is 92.4. The number of carbonyl (C=O) groups is 4. The standard InChI is InChI=1S/C23H24N4O3S.C22H23FN2O4S.C22H24N4O3S.C21H21N3O4S.3CH2O2/c1-16(28)26-13-9-18-5-6-19(14-22(18)26)31(29,30)27-15-21(17-7-11-25(2)12-8-17)20-4-3-10-24-23(20)27;1-24-8-6-15(7-9-24)19-14-25(20-4-2-16(23)12-18(19)20)30(26,27)17-3-5-21-22(13-17)29-11-10-28-21;1-24-10-7-16(8-11-24)19-15-26(22-18(19)4-3-9-23-22)30(27,28)17-5-6-20-21(14-17)29-13-12-25(20)2;1-23-9-6-15(7-10-23)17-14-24(18-3-2-8-22-21(17)18)29(25,26)16-4-5-19-20(13-16)28-12-11-27-19;3*2-1-3/h3-7,10,14-15H,8-9,11-13H2,1-2H3;2-5,12-15H,6-11H2,1H3;3-7,9,14-15H,8,10-13H2,1-2H3;2-6,8,13-14H,7,9-12H2,1H3;3*1H,(H,2,3). The van der Waals surface area contributed by atoms with E-state index in [1.165, 1.54) is 53.1 Å². The van der Waals surface area contributed by atoms with Crippen molar-refractivity contribution in [2.45, 2.75) is 70.9 Å². The van der Waals surface area contributed by atoms with Gasteiger partial charge in [0.15, 0.2) is 34.3 Å². The molecule has 20 rings (SSSR count). The number of benzene rings is 5. The van der Waals surface area contributed by atoms with Crippen LogP contribution in [0.4, 0.5) is 15.8 Å². The Morgan fingerprint density at radius 2 is 0.853 bits per heavy atom. The molecule has 1 fully saturated rings. The second-order valence-corrected chi connectivity index (χ2v) is 38.8. The Morgan fingerprint density at radius 3 is 1.36 bits per heavy atom. The Morgan fingerprint density at radius 1 is 0.419 bits per heavy atom. The van der Waals surface area contributed by atoms with Crippen LogP contribution < -0.4 is 33.5 Å². The molecular formula is C91H98FN13O20S4. The molecule has 0 atom stereocenters. The van der Waals surface area contributed by atoms with E-state index in [4.69, 9.17) is 53.4 Å². The van der Waals surface area contributed by atoms with E-state index in [0.717, 1.165) is 158 Å². The minimum atomic E-state index is -3.89. The number of anilines is 2. The fraction of sp³-hybridized carbons (Fsp3) is 0.308. The van der Waals surface area contributed by atoms with Gasteiger partial charge in [0.1, 0.15) is 44.6 Å². The van der Waals surface area contributed by atoms with E-state index in [2.05, 4.69) is 85.9 Å². The lowest BCUT2D eigenvalue weighted by molar-refractivity contribution is -0.123. The van der Waals surface area contributed by atoms with Crippen molar-refractivity contribution in [1.82, 2.24) is 50.4 Å². The van der Waals surface area contributed by atoms with Gasteiger partial charge in [-0.2, -0.15) is 0 Å². The van der Waals surface area contributed by atoms with E-state index < -0.39 is 40.1 Å². The van der Waals surface area contributed by atoms with Gasteiger partial charge in [-0.3, -0.25) is 24.2 Å². The molecule has 0 aliphatic carbocycles. The topological polar surface area (TPSA) is 390 Å². The molecular weight excluding hydrogens is 1740 g/mol. The van der Waals surface area contributed by atoms with Gasteiger partial charge in [0.2, 0.25) is 5.91 Å². The first-order valence-electron chi connectivity index (χ1n) is 41.5. The number of halogens is 1. The van der Waals surface area contributed by atoms with Crippen molar-refractivity contribution in [3.05, 3.63) is 223 Å². The highest BCUT2D eigenvalue weighted by Crippen LogP contribution is 2.43. The molecule has 8 aliphatic heterocycles. The van der Waals surface area contributed by atoms with Gasteiger partial charge in [0.05, 0.1) is 48.4 Å². The van der Waals surface area contributed by atoms with Crippen LogP contribution in [-0.2, 0) is 65.7 Å². The Labute approximate surface area is 745 Å². The largest absolute Gasteiger partial charge is 0.490 e. The molecule has 129 heavy (non-hydrogen) atoms. The average Bonchev–Trinajstić information content (AvgIpc) is 1.53. The lowest BCUT2D eigenvalue weighted by Gasteiger charge is -2.28. The van der Waals surface area contributed by atoms with E-state index >= 15 is 0 Å². The van der Waals surface area contributed by atoms with E-state index in [0.29, 0.717) is 107 Å². The maximum Gasteiger partial charge on any atom is 0.290 e. The molecule has 678 valence electrons. The third kappa shape index (κ3) is 19.6. The molecule has 1 amide bonds. The van der Waals surface area contributed by atoms with Gasteiger partial charge in [0.25, 0.3) is 59.5 Å². The summed E-state index contributed by atoms with van der Waals surface area (Å²) in [6.45, 7) is 11.5. The molecule has 33 nitrogen and oxygen atoms in total. The van der Waals surface area contributed by atoms with Crippen molar-refractivity contribution in [2.24, 2.45) is 0 Å². The van der Waals surface area contributed by atoms with Crippen molar-refractivity contribution < 1.29 is 96.2 Å². The summed E-state index contributed by atoms with van der Waals surface area (Å²) in [5.74, 6) is 2.29. The maximum absolute atomic E-state index is 14.1. The number of carboxylic acid groups (broad SMARTS) is 3. The predicted octanol–water partition coefficient (Wildman–Crippen LogP) is 11.2. The average molecular weight is 1840 g/mol. The van der Waals surface area contributed by atoms with Crippen LogP contribution >= 0.6 is 0 Å². The molecule has 0 radical (unpaired) electrons. The summed E-state index contributed by atoms with van der Waals surface area (Å²) in [4.78, 5) is 63.6. The first-order valence-corrected chi connectivity index (χ1v) is 47.2. The minimum absolute atomic E-state index is 0.0853. The van der Waals surface area contributed by atoms with Crippen LogP contribution in [0.1, 0.15) is 72.8 Å². The maximum atomic E-state index is 14.1. The highest BCUT2D eigenvalue weighted by molar-refractivity contribution is 7.91. The molecule has 0 saturated carbocycles. The van der Waals surface area contributed by atoms with Gasteiger partial charge in [-0.15, -0.1) is 0 Å². The zero-order valence-corrected chi connectivity index (χ0v) is 74.9. The first-order chi connectivity index (χ1) is 62.0. The van der Waals surface area contributed by atoms with E-state index in [-0.39, 0.29) is 56.6 Å². The number of amides is 1. The second-order valence-electron chi connectivity index (χ2n) is 31.5. The van der Waals surface area contributed by atoms with Crippen LogP contribution in [0.15, 0.2) is 209 Å². The number of nitrogens with zero attached hydrogens (tertiary/aromatic N) is 13. The molecule has 0 unspecified atom stereocenters. The molecule has 38 heteroatoms. The summed E-state index contributed by atoms with van der Waals surface area (Å²) in [7, 11) is -5.16. The number of rotatable bonds is 12. The number of likely N-dealkylation sites (tertiary alicyclic amines) is 1. The van der Waals surface area contributed by atoms with Crippen LogP contribution in [-0.4, -0.2) is 258 Å². The number of aromatic nitrogens is 7. The van der Waals surface area contributed by atoms with Gasteiger partial charge in [-0.05, 0) is 217 Å². The van der Waals surface area contributed by atoms with Crippen molar-refractivity contribution in [1.29, 1.82) is 0 Å². The van der Waals surface area contributed by atoms with E-state index in [1.54, 1.807) is 115 Å². The van der Waals surface area contributed by atoms with Gasteiger partial charge in [-0.1, -0.05) is 24.3 Å². The molecule has 15 heterocycles. The van der Waals surface area contributed by atoms with E-state index in [9.17, 15) is 42.9 Å². The van der Waals surface area contributed by atoms with Gasteiger partial charge in [0, 0.05) is 160 Å². The third-order valence-corrected chi connectivity index (χ3v) is 30.0. The number of hydrogen-bond acceptors (Lipinski definition) is 25. The summed E-state index contributed by atoms with van der Waals surface area (Å²) >= 11 is 0. The Bertz CT molecular complexity index is 6810. The summed E-state index contributed by atoms with van der Waals surface area (Å²) in [6, 6.07) is 34.8. The lowest BCUT2D eigenvalue weighted by Crippen LogP contribution is -2.29. The number of carbonyl (C=O) groups excluding carboxylic acids is 1. The zero-order chi connectivity index (χ0) is 91.6. The van der Waals surface area contributed by atoms with Gasteiger partial charge >= 0.3 is 0 Å². The molecule has 0 bridgehead atoms. The van der Waals surface area contributed by atoms with Crippen LogP contribution in [0.3, 0.4) is 0 Å². The second kappa shape index (κ2) is 39.8. The molecule has 7 aromatic heterocycles. The molecule has 1 saturated heterocycles. The lowest BCUT2D eigenvalue weighted by atomic mass is 9.89. The Balaban J connectivity index is 0.000000135. The normalized spacial score (nSPS) is 16.6. The van der Waals surface area contributed by atoms with Crippen LogP contribution in [0.25, 0.3) is 60.7 Å². The number of hydrogen-bond donors (Lipinski definition) is 3. The summed E-state index contributed by atoms with van der Waals surface area (Å²) in [6.07, 6.45) is 23.3. The Hall–Kier alpha value is -12.8.